The van der Waals surface area contributed by atoms with Crippen LogP contribution in [0.1, 0.15) is 31.2 Å². The van der Waals surface area contributed by atoms with Crippen LogP contribution in [0.5, 0.6) is 0 Å². The zero-order valence-electron chi connectivity index (χ0n) is 11.2. The van der Waals surface area contributed by atoms with Crippen LogP contribution in [0, 0.1) is 33.8 Å². The van der Waals surface area contributed by atoms with E-state index in [1.165, 1.54) is 0 Å². The molecule has 1 saturated carbocycles. The maximum atomic E-state index is 11.9. The molecule has 20 heavy (non-hydrogen) atoms. The molecule has 0 aliphatic heterocycles. The molecule has 0 amide bonds. The highest BCUT2D eigenvalue weighted by Crippen LogP contribution is 2.27. The Bertz CT molecular complexity index is 542. The van der Waals surface area contributed by atoms with Gasteiger partial charge in [-0.3, -0.25) is 14.9 Å². The first-order valence-electron chi connectivity index (χ1n) is 6.88. The second-order valence-corrected chi connectivity index (χ2v) is 5.08. The SMILES string of the molecule is O=C1CCCC[C@H]1[C@@H](C#Cc1ccccc1)C[N+](=O)[O-]. The third kappa shape index (κ3) is 3.92. The number of benzene rings is 1. The Morgan fingerprint density at radius 1 is 1.30 bits per heavy atom. The standard InChI is InChI=1S/C16H17NO3/c18-16-9-5-4-8-15(16)14(12-17(19)20)11-10-13-6-2-1-3-7-13/h1-3,6-7,14-15H,4-5,8-9,12H2/t14-,15-/m0/s1. The monoisotopic (exact) mass is 271 g/mol. The van der Waals surface area contributed by atoms with Crippen LogP contribution in [-0.2, 0) is 4.79 Å². The molecule has 0 saturated heterocycles. The van der Waals surface area contributed by atoms with E-state index in [0.717, 1.165) is 24.8 Å². The summed E-state index contributed by atoms with van der Waals surface area (Å²) in [6.45, 7) is -0.254. The van der Waals surface area contributed by atoms with Crippen molar-refractivity contribution in [3.8, 4) is 11.8 Å². The van der Waals surface area contributed by atoms with E-state index in [1.54, 1.807) is 0 Å². The summed E-state index contributed by atoms with van der Waals surface area (Å²) < 4.78 is 0. The average Bonchev–Trinajstić information content (AvgIpc) is 2.45. The summed E-state index contributed by atoms with van der Waals surface area (Å²) in [6, 6.07) is 9.36. The molecule has 104 valence electrons. The van der Waals surface area contributed by atoms with E-state index < -0.39 is 5.92 Å². The van der Waals surface area contributed by atoms with E-state index in [1.807, 2.05) is 30.3 Å². The minimum atomic E-state index is -0.474. The molecule has 0 N–H and O–H groups in total. The van der Waals surface area contributed by atoms with Gasteiger partial charge in [-0.15, -0.1) is 0 Å². The number of nitrogens with zero attached hydrogens (tertiary/aromatic N) is 1. The van der Waals surface area contributed by atoms with Gasteiger partial charge in [-0.1, -0.05) is 36.5 Å². The fourth-order valence-electron chi connectivity index (χ4n) is 2.57. The minimum Gasteiger partial charge on any atom is -0.299 e. The molecular weight excluding hydrogens is 254 g/mol. The molecule has 0 bridgehead atoms. The van der Waals surface area contributed by atoms with Gasteiger partial charge in [0.1, 0.15) is 5.78 Å². The molecule has 0 unspecified atom stereocenters. The number of Topliss-reactive ketones (excluding diaryl/α,β-unsaturated/α-hetero) is 1. The lowest BCUT2D eigenvalue weighted by molar-refractivity contribution is -0.486. The molecule has 4 heteroatoms. The number of rotatable bonds is 3. The fourth-order valence-corrected chi connectivity index (χ4v) is 2.57. The summed E-state index contributed by atoms with van der Waals surface area (Å²) in [5, 5.41) is 10.8. The summed E-state index contributed by atoms with van der Waals surface area (Å²) in [4.78, 5) is 22.4. The number of carbonyl (C=O) groups excluding carboxylic acids is 1. The molecule has 2 atom stereocenters. The van der Waals surface area contributed by atoms with E-state index in [2.05, 4.69) is 11.8 Å². The number of hydrogen-bond donors (Lipinski definition) is 0. The van der Waals surface area contributed by atoms with Crippen molar-refractivity contribution < 1.29 is 9.72 Å². The van der Waals surface area contributed by atoms with Gasteiger partial charge in [0.15, 0.2) is 0 Å². The first-order valence-corrected chi connectivity index (χ1v) is 6.88. The molecule has 4 nitrogen and oxygen atoms in total. The highest BCUT2D eigenvalue weighted by molar-refractivity contribution is 5.82. The average molecular weight is 271 g/mol. The highest BCUT2D eigenvalue weighted by Gasteiger charge is 2.32. The zero-order chi connectivity index (χ0) is 14.4. The van der Waals surface area contributed by atoms with Crippen LogP contribution in [0.4, 0.5) is 0 Å². The molecule has 1 aliphatic carbocycles. The minimum absolute atomic E-state index is 0.130. The van der Waals surface area contributed by atoms with Gasteiger partial charge in [-0.25, -0.2) is 0 Å². The second kappa shape index (κ2) is 6.85. The van der Waals surface area contributed by atoms with E-state index in [0.29, 0.717) is 6.42 Å². The molecule has 0 aromatic heterocycles. The van der Waals surface area contributed by atoms with Crippen LogP contribution in [0.25, 0.3) is 0 Å². The maximum Gasteiger partial charge on any atom is 0.218 e. The predicted octanol–water partition coefficient (Wildman–Crippen LogP) is 2.69. The van der Waals surface area contributed by atoms with E-state index in [9.17, 15) is 14.9 Å². The molecule has 0 heterocycles. The first kappa shape index (κ1) is 14.3. The first-order chi connectivity index (χ1) is 9.66. The predicted molar refractivity (Wildman–Crippen MR) is 75.6 cm³/mol. The number of nitro groups is 1. The Balaban J connectivity index is 2.17. The Morgan fingerprint density at radius 2 is 2.05 bits per heavy atom. The van der Waals surface area contributed by atoms with Crippen molar-refractivity contribution in [3.63, 3.8) is 0 Å². The van der Waals surface area contributed by atoms with Crippen molar-refractivity contribution in [2.75, 3.05) is 6.54 Å². The third-order valence-electron chi connectivity index (χ3n) is 3.61. The van der Waals surface area contributed by atoms with Crippen molar-refractivity contribution in [2.24, 2.45) is 11.8 Å². The van der Waals surface area contributed by atoms with Gasteiger partial charge >= 0.3 is 0 Å². The quantitative estimate of drug-likeness (QED) is 0.482. The van der Waals surface area contributed by atoms with E-state index >= 15 is 0 Å². The van der Waals surface area contributed by atoms with Gasteiger partial charge in [0.25, 0.3) is 0 Å². The van der Waals surface area contributed by atoms with Gasteiger partial charge < -0.3 is 0 Å². The summed E-state index contributed by atoms with van der Waals surface area (Å²) in [5.74, 6) is 5.30. The largest absolute Gasteiger partial charge is 0.299 e. The zero-order valence-corrected chi connectivity index (χ0v) is 11.2. The summed E-state index contributed by atoms with van der Waals surface area (Å²) in [6.07, 6.45) is 3.11. The lowest BCUT2D eigenvalue weighted by Crippen LogP contribution is -2.30. The van der Waals surface area contributed by atoms with Gasteiger partial charge in [0, 0.05) is 22.8 Å². The number of ketones is 1. The Kier molecular flexibility index (Phi) is 4.89. The van der Waals surface area contributed by atoms with Crippen molar-refractivity contribution in [1.82, 2.24) is 0 Å². The number of carbonyl (C=O) groups is 1. The van der Waals surface area contributed by atoms with Gasteiger partial charge in [0.05, 0.1) is 5.92 Å². The van der Waals surface area contributed by atoms with Crippen molar-refractivity contribution in [3.05, 3.63) is 46.0 Å². The van der Waals surface area contributed by atoms with E-state index in [4.69, 9.17) is 0 Å². The smallest absolute Gasteiger partial charge is 0.218 e. The molecule has 1 aromatic carbocycles. The maximum absolute atomic E-state index is 11.9. The van der Waals surface area contributed by atoms with Crippen LogP contribution in [0.3, 0.4) is 0 Å². The fraction of sp³-hybridized carbons (Fsp3) is 0.438. The van der Waals surface area contributed by atoms with E-state index in [-0.39, 0.29) is 23.2 Å². The Morgan fingerprint density at radius 3 is 2.70 bits per heavy atom. The Hall–Kier alpha value is -2.15. The molecule has 0 radical (unpaired) electrons. The van der Waals surface area contributed by atoms with Gasteiger partial charge in [-0.2, -0.15) is 0 Å². The second-order valence-electron chi connectivity index (χ2n) is 5.08. The Labute approximate surface area is 118 Å². The summed E-state index contributed by atoms with van der Waals surface area (Å²) >= 11 is 0. The van der Waals surface area contributed by atoms with Crippen LogP contribution in [0.15, 0.2) is 30.3 Å². The summed E-state index contributed by atoms with van der Waals surface area (Å²) in [7, 11) is 0. The molecule has 1 fully saturated rings. The van der Waals surface area contributed by atoms with Gasteiger partial charge in [-0.05, 0) is 25.0 Å². The third-order valence-corrected chi connectivity index (χ3v) is 3.61. The summed E-state index contributed by atoms with van der Waals surface area (Å²) in [5.41, 5.74) is 0.823. The highest BCUT2D eigenvalue weighted by atomic mass is 16.6. The van der Waals surface area contributed by atoms with Crippen LogP contribution >= 0.6 is 0 Å². The van der Waals surface area contributed by atoms with Crippen LogP contribution in [0.2, 0.25) is 0 Å². The molecule has 1 aromatic rings. The van der Waals surface area contributed by atoms with Crippen molar-refractivity contribution in [2.45, 2.75) is 25.7 Å². The topological polar surface area (TPSA) is 60.2 Å². The van der Waals surface area contributed by atoms with Crippen LogP contribution in [-0.4, -0.2) is 17.3 Å². The normalized spacial score (nSPS) is 19.8. The molecule has 1 aliphatic rings. The molecular formula is C16H17NO3. The molecule has 0 spiro atoms. The molecule has 2 rings (SSSR count). The van der Waals surface area contributed by atoms with Crippen molar-refractivity contribution >= 4 is 5.78 Å². The number of hydrogen-bond acceptors (Lipinski definition) is 3. The van der Waals surface area contributed by atoms with Gasteiger partial charge in [0.2, 0.25) is 6.54 Å². The lowest BCUT2D eigenvalue weighted by Gasteiger charge is -2.23. The van der Waals surface area contributed by atoms with Crippen molar-refractivity contribution in [1.29, 1.82) is 0 Å². The lowest BCUT2D eigenvalue weighted by atomic mass is 9.79. The van der Waals surface area contributed by atoms with Crippen LogP contribution < -0.4 is 0 Å².